The largest absolute Gasteiger partial charge is 0.496 e. The molecule has 0 aromatic heterocycles. The third-order valence-corrected chi connectivity index (χ3v) is 4.22. The standard InChI is InChI=1S/C19H17F3N2O4/c1-27-16-8-3-2-7-14(16)17(25)23-11-12-5-4-6-13(9-12)15-10-18(26,28-24-15)19(20,21)22/h2-9,26H,10-11H2,1H3,(H,23,25). The molecular weight excluding hydrogens is 377 g/mol. The van der Waals surface area contributed by atoms with Gasteiger partial charge in [0.1, 0.15) is 5.75 Å². The number of rotatable bonds is 5. The van der Waals surface area contributed by atoms with Gasteiger partial charge in [-0.25, -0.2) is 0 Å². The number of nitrogens with zero attached hydrogens (tertiary/aromatic N) is 1. The van der Waals surface area contributed by atoms with Crippen LogP contribution in [0.2, 0.25) is 0 Å². The molecule has 9 heteroatoms. The van der Waals surface area contributed by atoms with Crippen molar-refractivity contribution in [2.75, 3.05) is 7.11 Å². The number of aliphatic hydroxyl groups is 1. The normalized spacial score (nSPS) is 19.0. The van der Waals surface area contributed by atoms with E-state index in [1.165, 1.54) is 7.11 Å². The van der Waals surface area contributed by atoms with Gasteiger partial charge in [0.05, 0.1) is 24.8 Å². The minimum Gasteiger partial charge on any atom is -0.496 e. The molecule has 0 aliphatic carbocycles. The molecule has 6 nitrogen and oxygen atoms in total. The van der Waals surface area contributed by atoms with Crippen molar-refractivity contribution in [3.63, 3.8) is 0 Å². The molecule has 0 saturated carbocycles. The van der Waals surface area contributed by atoms with Gasteiger partial charge in [0.2, 0.25) is 0 Å². The molecule has 0 radical (unpaired) electrons. The number of carbonyl (C=O) groups excluding carboxylic acids is 1. The van der Waals surface area contributed by atoms with Crippen molar-refractivity contribution < 1.29 is 32.6 Å². The van der Waals surface area contributed by atoms with E-state index >= 15 is 0 Å². The third-order valence-electron chi connectivity index (χ3n) is 4.22. The zero-order valence-corrected chi connectivity index (χ0v) is 14.8. The van der Waals surface area contributed by atoms with Crippen LogP contribution in [0.15, 0.2) is 53.7 Å². The summed E-state index contributed by atoms with van der Waals surface area (Å²) in [5, 5.41) is 15.7. The first-order valence-corrected chi connectivity index (χ1v) is 8.28. The van der Waals surface area contributed by atoms with Crippen molar-refractivity contribution in [1.29, 1.82) is 0 Å². The highest BCUT2D eigenvalue weighted by Gasteiger charge is 2.60. The molecule has 2 N–H and O–H groups in total. The average molecular weight is 394 g/mol. The Bertz CT molecular complexity index is 914. The molecule has 28 heavy (non-hydrogen) atoms. The van der Waals surface area contributed by atoms with Gasteiger partial charge in [-0.05, 0) is 29.3 Å². The maximum Gasteiger partial charge on any atom is 0.458 e. The molecule has 1 aliphatic heterocycles. The van der Waals surface area contributed by atoms with Crippen LogP contribution in [0.3, 0.4) is 0 Å². The summed E-state index contributed by atoms with van der Waals surface area (Å²) < 4.78 is 43.7. The van der Waals surface area contributed by atoms with Gasteiger partial charge < -0.3 is 20.0 Å². The Kier molecular flexibility index (Phi) is 5.28. The number of halogens is 3. The molecule has 0 saturated heterocycles. The Morgan fingerprint density at radius 1 is 1.29 bits per heavy atom. The summed E-state index contributed by atoms with van der Waals surface area (Å²) in [5.74, 6) is -3.25. The molecule has 3 rings (SSSR count). The number of alkyl halides is 3. The number of carbonyl (C=O) groups is 1. The van der Waals surface area contributed by atoms with Crippen LogP contribution in [0.1, 0.15) is 27.9 Å². The minimum atomic E-state index is -4.96. The molecule has 1 aliphatic rings. The van der Waals surface area contributed by atoms with E-state index in [1.54, 1.807) is 48.5 Å². The lowest BCUT2D eigenvalue weighted by Crippen LogP contribution is -2.45. The summed E-state index contributed by atoms with van der Waals surface area (Å²) in [4.78, 5) is 16.6. The van der Waals surface area contributed by atoms with Gasteiger partial charge >= 0.3 is 12.0 Å². The van der Waals surface area contributed by atoms with Crippen molar-refractivity contribution in [3.8, 4) is 5.75 Å². The minimum absolute atomic E-state index is 0.0299. The number of hydrogen-bond acceptors (Lipinski definition) is 5. The fourth-order valence-corrected chi connectivity index (χ4v) is 2.70. The zero-order chi connectivity index (χ0) is 20.4. The lowest BCUT2D eigenvalue weighted by Gasteiger charge is -2.22. The molecule has 1 heterocycles. The van der Waals surface area contributed by atoms with E-state index in [9.17, 15) is 23.1 Å². The number of benzene rings is 2. The Balaban J connectivity index is 1.69. The first-order chi connectivity index (χ1) is 13.2. The summed E-state index contributed by atoms with van der Waals surface area (Å²) in [6.07, 6.45) is -5.77. The Hall–Kier alpha value is -3.07. The maximum atomic E-state index is 12.8. The van der Waals surface area contributed by atoms with Gasteiger partial charge in [-0.3, -0.25) is 4.79 Å². The second-order valence-corrected chi connectivity index (χ2v) is 6.17. The van der Waals surface area contributed by atoms with Crippen molar-refractivity contribution in [1.82, 2.24) is 5.32 Å². The van der Waals surface area contributed by atoms with Crippen LogP contribution in [0.25, 0.3) is 0 Å². The fraction of sp³-hybridized carbons (Fsp3) is 0.263. The zero-order valence-electron chi connectivity index (χ0n) is 14.8. The summed E-state index contributed by atoms with van der Waals surface area (Å²) in [6.45, 7) is 0.141. The van der Waals surface area contributed by atoms with Crippen LogP contribution in [0, 0.1) is 0 Å². The molecule has 1 unspecified atom stereocenters. The predicted molar refractivity (Wildman–Crippen MR) is 93.9 cm³/mol. The lowest BCUT2D eigenvalue weighted by molar-refractivity contribution is -0.355. The van der Waals surface area contributed by atoms with Crippen molar-refractivity contribution in [2.45, 2.75) is 24.9 Å². The van der Waals surface area contributed by atoms with Crippen LogP contribution < -0.4 is 10.1 Å². The highest BCUT2D eigenvalue weighted by Crippen LogP contribution is 2.38. The number of nitrogens with one attached hydrogen (secondary N) is 1. The van der Waals surface area contributed by atoms with E-state index in [-0.39, 0.29) is 18.2 Å². The summed E-state index contributed by atoms with van der Waals surface area (Å²) >= 11 is 0. The summed E-state index contributed by atoms with van der Waals surface area (Å²) in [7, 11) is 1.46. The highest BCUT2D eigenvalue weighted by molar-refractivity contribution is 6.01. The van der Waals surface area contributed by atoms with Gasteiger partial charge in [0.15, 0.2) is 0 Å². The van der Waals surface area contributed by atoms with Crippen LogP contribution in [-0.4, -0.2) is 35.8 Å². The topological polar surface area (TPSA) is 80.2 Å². The summed E-state index contributed by atoms with van der Waals surface area (Å²) in [5.41, 5.74) is 1.35. The van der Waals surface area contributed by atoms with E-state index in [1.807, 2.05) is 0 Å². The molecular formula is C19H17F3N2O4. The Morgan fingerprint density at radius 2 is 2.04 bits per heavy atom. The Morgan fingerprint density at radius 3 is 2.71 bits per heavy atom. The number of oxime groups is 1. The van der Waals surface area contributed by atoms with Crippen molar-refractivity contribution in [3.05, 3.63) is 65.2 Å². The SMILES string of the molecule is COc1ccccc1C(=O)NCc1cccc(C2=NOC(O)(C(F)(F)F)C2)c1. The molecule has 2 aromatic carbocycles. The molecule has 148 valence electrons. The van der Waals surface area contributed by atoms with Gasteiger partial charge in [0, 0.05) is 6.54 Å². The molecule has 0 bridgehead atoms. The second kappa shape index (κ2) is 7.51. The number of methoxy groups -OCH3 is 1. The number of ether oxygens (including phenoxy) is 1. The first kappa shape index (κ1) is 19.7. The van der Waals surface area contributed by atoms with Gasteiger partial charge in [-0.15, -0.1) is 0 Å². The smallest absolute Gasteiger partial charge is 0.458 e. The molecule has 1 amide bonds. The molecule has 0 spiro atoms. The predicted octanol–water partition coefficient (Wildman–Crippen LogP) is 3.00. The van der Waals surface area contributed by atoms with Crippen LogP contribution >= 0.6 is 0 Å². The van der Waals surface area contributed by atoms with Crippen LogP contribution in [0.5, 0.6) is 5.75 Å². The summed E-state index contributed by atoms with van der Waals surface area (Å²) in [6, 6.07) is 13.2. The molecule has 1 atom stereocenters. The van der Waals surface area contributed by atoms with E-state index in [0.717, 1.165) is 0 Å². The highest BCUT2D eigenvalue weighted by atomic mass is 19.4. The van der Waals surface area contributed by atoms with E-state index in [0.29, 0.717) is 22.4 Å². The third kappa shape index (κ3) is 3.94. The fourth-order valence-electron chi connectivity index (χ4n) is 2.70. The average Bonchev–Trinajstić information content (AvgIpc) is 3.10. The maximum absolute atomic E-state index is 12.8. The van der Waals surface area contributed by atoms with Gasteiger partial charge in [0.25, 0.3) is 5.91 Å². The quantitative estimate of drug-likeness (QED) is 0.817. The first-order valence-electron chi connectivity index (χ1n) is 8.28. The van der Waals surface area contributed by atoms with Crippen molar-refractivity contribution in [2.24, 2.45) is 5.16 Å². The monoisotopic (exact) mass is 394 g/mol. The number of para-hydroxylation sites is 1. The molecule has 2 aromatic rings. The van der Waals surface area contributed by atoms with Crippen LogP contribution in [0.4, 0.5) is 13.2 Å². The van der Waals surface area contributed by atoms with Crippen molar-refractivity contribution >= 4 is 11.6 Å². The van der Waals surface area contributed by atoms with Crippen LogP contribution in [-0.2, 0) is 11.4 Å². The Labute approximate surface area is 158 Å². The van der Waals surface area contributed by atoms with Gasteiger partial charge in [-0.2, -0.15) is 13.2 Å². The van der Waals surface area contributed by atoms with Gasteiger partial charge in [-0.1, -0.05) is 35.5 Å². The van der Waals surface area contributed by atoms with E-state index in [4.69, 9.17) is 4.74 Å². The number of amides is 1. The van der Waals surface area contributed by atoms with E-state index in [2.05, 4.69) is 15.3 Å². The number of hydrogen-bond donors (Lipinski definition) is 2. The molecule has 0 fully saturated rings. The lowest BCUT2D eigenvalue weighted by atomic mass is 10.0. The second-order valence-electron chi connectivity index (χ2n) is 6.17. The van der Waals surface area contributed by atoms with E-state index < -0.39 is 18.4 Å².